The zero-order valence-electron chi connectivity index (χ0n) is 14.8. The van der Waals surface area contributed by atoms with E-state index >= 15 is 0 Å². The number of aromatic amines is 1. The van der Waals surface area contributed by atoms with E-state index < -0.39 is 5.97 Å². The number of aryl methyl sites for hydroxylation is 1. The monoisotopic (exact) mass is 368 g/mol. The molecule has 27 heavy (non-hydrogen) atoms. The summed E-state index contributed by atoms with van der Waals surface area (Å²) in [4.78, 5) is 10.8. The van der Waals surface area contributed by atoms with Gasteiger partial charge in [-0.25, -0.2) is 0 Å². The summed E-state index contributed by atoms with van der Waals surface area (Å²) in [6.07, 6.45) is 0.969. The van der Waals surface area contributed by atoms with Crippen LogP contribution in [0.1, 0.15) is 18.5 Å². The summed E-state index contributed by atoms with van der Waals surface area (Å²) >= 11 is 0. The Morgan fingerprint density at radius 3 is 2.63 bits per heavy atom. The van der Waals surface area contributed by atoms with Crippen LogP contribution in [-0.2, 0) is 11.2 Å². The van der Waals surface area contributed by atoms with Crippen molar-refractivity contribution in [3.05, 3.63) is 48.2 Å². The van der Waals surface area contributed by atoms with Gasteiger partial charge in [0, 0.05) is 34.9 Å². The number of nitrogens with one attached hydrogen (secondary N) is 1. The fourth-order valence-electron chi connectivity index (χ4n) is 3.03. The highest BCUT2D eigenvalue weighted by Crippen LogP contribution is 2.42. The normalized spacial score (nSPS) is 10.7. The first kappa shape index (κ1) is 18.3. The topological polar surface area (TPSA) is 116 Å². The van der Waals surface area contributed by atoms with Crippen LogP contribution >= 0.6 is 0 Å². The molecule has 0 fully saturated rings. The molecule has 4 N–H and O–H groups in total. The number of methoxy groups -OCH3 is 1. The molecule has 0 aliphatic rings. The highest BCUT2D eigenvalue weighted by atomic mass is 16.5. The Kier molecular flexibility index (Phi) is 5.30. The van der Waals surface area contributed by atoms with Crippen molar-refractivity contribution in [3.8, 4) is 39.6 Å². The summed E-state index contributed by atoms with van der Waals surface area (Å²) in [6, 6.07) is 11.7. The fourth-order valence-corrected chi connectivity index (χ4v) is 3.03. The van der Waals surface area contributed by atoms with Crippen molar-refractivity contribution in [2.24, 2.45) is 0 Å². The van der Waals surface area contributed by atoms with Gasteiger partial charge < -0.3 is 20.1 Å². The van der Waals surface area contributed by atoms with Gasteiger partial charge in [-0.2, -0.15) is 5.10 Å². The maximum Gasteiger partial charge on any atom is 0.303 e. The lowest BCUT2D eigenvalue weighted by Crippen LogP contribution is -1.98. The first-order valence-corrected chi connectivity index (χ1v) is 8.46. The van der Waals surface area contributed by atoms with E-state index in [9.17, 15) is 15.0 Å². The Morgan fingerprint density at radius 1 is 1.15 bits per heavy atom. The number of aromatic nitrogens is 2. The molecule has 1 aromatic heterocycles. The summed E-state index contributed by atoms with van der Waals surface area (Å²) < 4.78 is 5.47. The highest BCUT2D eigenvalue weighted by molar-refractivity contribution is 5.87. The van der Waals surface area contributed by atoms with Crippen LogP contribution < -0.4 is 4.74 Å². The second kappa shape index (κ2) is 7.82. The lowest BCUT2D eigenvalue weighted by molar-refractivity contribution is -0.137. The van der Waals surface area contributed by atoms with Gasteiger partial charge in [-0.1, -0.05) is 18.2 Å². The number of hydrogen-bond acceptors (Lipinski definition) is 5. The lowest BCUT2D eigenvalue weighted by Gasteiger charge is -2.12. The Balaban J connectivity index is 2.13. The average molecular weight is 368 g/mol. The van der Waals surface area contributed by atoms with E-state index in [1.807, 2.05) is 24.3 Å². The number of aromatic hydroxyl groups is 2. The summed E-state index contributed by atoms with van der Waals surface area (Å²) in [7, 11) is 1.57. The van der Waals surface area contributed by atoms with Crippen molar-refractivity contribution in [2.75, 3.05) is 7.11 Å². The minimum atomic E-state index is -0.857. The van der Waals surface area contributed by atoms with Gasteiger partial charge in [-0.05, 0) is 31.0 Å². The molecule has 2 aromatic carbocycles. The molecule has 0 aliphatic carbocycles. The summed E-state index contributed by atoms with van der Waals surface area (Å²) in [5.41, 5.74) is 3.22. The van der Waals surface area contributed by atoms with E-state index in [4.69, 9.17) is 9.84 Å². The van der Waals surface area contributed by atoms with Crippen molar-refractivity contribution in [2.45, 2.75) is 19.3 Å². The van der Waals surface area contributed by atoms with Gasteiger partial charge in [0.2, 0.25) is 0 Å². The number of H-pyrrole nitrogens is 1. The number of ether oxygens (including phenoxy) is 1. The minimum Gasteiger partial charge on any atom is -0.508 e. The van der Waals surface area contributed by atoms with Crippen molar-refractivity contribution < 1.29 is 24.9 Å². The first-order valence-electron chi connectivity index (χ1n) is 8.46. The Bertz CT molecular complexity index is 965. The van der Waals surface area contributed by atoms with Gasteiger partial charge in [0.05, 0.1) is 7.11 Å². The molecular weight excluding hydrogens is 348 g/mol. The standard InChI is InChI=1S/C20H20N2O5/c1-27-17-7-3-2-5-14(17)19-15(6-4-8-18(25)26)21-22-20(19)13-10-9-12(23)11-16(13)24/h2-3,5,7,9-11,23-24H,4,6,8H2,1H3,(H,21,22)(H,25,26). The van der Waals surface area contributed by atoms with E-state index in [1.165, 1.54) is 12.1 Å². The number of benzene rings is 2. The molecule has 3 rings (SSSR count). The SMILES string of the molecule is COc1ccccc1-c1c(-c2ccc(O)cc2O)n[nH]c1CCCC(=O)O. The third-order valence-corrected chi connectivity index (χ3v) is 4.27. The largest absolute Gasteiger partial charge is 0.508 e. The van der Waals surface area contributed by atoms with Crippen LogP contribution in [0, 0.1) is 0 Å². The first-order chi connectivity index (χ1) is 13.0. The van der Waals surface area contributed by atoms with Crippen LogP contribution in [0.25, 0.3) is 22.4 Å². The van der Waals surface area contributed by atoms with Crippen LogP contribution in [-0.4, -0.2) is 38.6 Å². The molecule has 0 radical (unpaired) electrons. The van der Waals surface area contributed by atoms with E-state index in [-0.39, 0.29) is 17.9 Å². The highest BCUT2D eigenvalue weighted by Gasteiger charge is 2.21. The Hall–Kier alpha value is -3.48. The molecular formula is C20H20N2O5. The van der Waals surface area contributed by atoms with Gasteiger partial charge in [0.15, 0.2) is 0 Å². The van der Waals surface area contributed by atoms with E-state index in [0.717, 1.165) is 16.8 Å². The van der Waals surface area contributed by atoms with Crippen molar-refractivity contribution in [1.29, 1.82) is 0 Å². The summed E-state index contributed by atoms with van der Waals surface area (Å²) in [5.74, 6) is -0.371. The fraction of sp³-hybridized carbons (Fsp3) is 0.200. The molecule has 0 unspecified atom stereocenters. The molecule has 140 valence electrons. The third-order valence-electron chi connectivity index (χ3n) is 4.27. The Morgan fingerprint density at radius 2 is 1.93 bits per heavy atom. The number of aliphatic carboxylic acids is 1. The molecule has 7 heteroatoms. The molecule has 0 saturated carbocycles. The zero-order chi connectivity index (χ0) is 19.4. The number of phenolic OH excluding ortho intramolecular Hbond substituents is 2. The number of rotatable bonds is 7. The van der Waals surface area contributed by atoms with Gasteiger partial charge in [-0.15, -0.1) is 0 Å². The summed E-state index contributed by atoms with van der Waals surface area (Å²) in [6.45, 7) is 0. The van der Waals surface area contributed by atoms with Crippen LogP contribution in [0.3, 0.4) is 0 Å². The maximum absolute atomic E-state index is 10.8. The molecule has 3 aromatic rings. The van der Waals surface area contributed by atoms with Crippen molar-refractivity contribution in [1.82, 2.24) is 10.2 Å². The van der Waals surface area contributed by atoms with Gasteiger partial charge in [0.1, 0.15) is 22.9 Å². The lowest BCUT2D eigenvalue weighted by atomic mass is 9.95. The number of carboxylic acids is 1. The second-order valence-corrected chi connectivity index (χ2v) is 6.07. The maximum atomic E-state index is 10.8. The molecule has 0 saturated heterocycles. The quantitative estimate of drug-likeness (QED) is 0.507. The summed E-state index contributed by atoms with van der Waals surface area (Å²) in [5, 5.41) is 36.1. The molecule has 7 nitrogen and oxygen atoms in total. The van der Waals surface area contributed by atoms with Gasteiger partial charge in [0.25, 0.3) is 0 Å². The number of carbonyl (C=O) groups is 1. The number of hydrogen-bond donors (Lipinski definition) is 4. The van der Waals surface area contributed by atoms with Crippen LogP contribution in [0.5, 0.6) is 17.2 Å². The van der Waals surface area contributed by atoms with E-state index in [1.54, 1.807) is 13.2 Å². The number of para-hydroxylation sites is 1. The zero-order valence-corrected chi connectivity index (χ0v) is 14.8. The molecule has 0 spiro atoms. The third kappa shape index (κ3) is 3.87. The second-order valence-electron chi connectivity index (χ2n) is 6.07. The minimum absolute atomic E-state index is 0.0458. The number of nitrogens with zero attached hydrogens (tertiary/aromatic N) is 1. The predicted molar refractivity (Wildman–Crippen MR) is 99.9 cm³/mol. The molecule has 0 aliphatic heterocycles. The van der Waals surface area contributed by atoms with Gasteiger partial charge >= 0.3 is 5.97 Å². The van der Waals surface area contributed by atoms with Crippen molar-refractivity contribution in [3.63, 3.8) is 0 Å². The molecule has 0 bridgehead atoms. The van der Waals surface area contributed by atoms with E-state index in [2.05, 4.69) is 10.2 Å². The molecule has 0 amide bonds. The smallest absolute Gasteiger partial charge is 0.303 e. The number of phenols is 2. The van der Waals surface area contributed by atoms with Crippen LogP contribution in [0.4, 0.5) is 0 Å². The van der Waals surface area contributed by atoms with Crippen LogP contribution in [0.15, 0.2) is 42.5 Å². The Labute approximate surface area is 155 Å². The van der Waals surface area contributed by atoms with Crippen LogP contribution in [0.2, 0.25) is 0 Å². The molecule has 0 atom stereocenters. The van der Waals surface area contributed by atoms with Gasteiger partial charge in [-0.3, -0.25) is 9.89 Å². The van der Waals surface area contributed by atoms with E-state index in [0.29, 0.717) is 29.8 Å². The average Bonchev–Trinajstić information content (AvgIpc) is 3.04. The number of carboxylic acid groups (broad SMARTS) is 1. The molecule has 1 heterocycles. The van der Waals surface area contributed by atoms with Crippen molar-refractivity contribution >= 4 is 5.97 Å². The predicted octanol–water partition coefficient (Wildman–Crippen LogP) is 3.57.